The fourth-order valence-electron chi connectivity index (χ4n) is 1.69. The van der Waals surface area contributed by atoms with Gasteiger partial charge in [-0.3, -0.25) is 4.79 Å². The van der Waals surface area contributed by atoms with Crippen LogP contribution in [0.4, 0.5) is 0 Å². The number of hydrogen-bond acceptors (Lipinski definition) is 2. The zero-order valence-electron chi connectivity index (χ0n) is 7.46. The summed E-state index contributed by atoms with van der Waals surface area (Å²) >= 11 is 5.85. The predicted molar refractivity (Wildman–Crippen MR) is 53.4 cm³/mol. The van der Waals surface area contributed by atoms with Gasteiger partial charge in [-0.25, -0.2) is 0 Å². The average Bonchev–Trinajstić information content (AvgIpc) is 2.23. The van der Waals surface area contributed by atoms with Crippen LogP contribution in [-0.2, 0) is 6.42 Å². The first kappa shape index (κ1) is 9.23. The van der Waals surface area contributed by atoms with Crippen LogP contribution in [0.2, 0.25) is 0 Å². The normalized spacial score (nSPS) is 20.0. The van der Waals surface area contributed by atoms with Crippen molar-refractivity contribution in [2.24, 2.45) is 0 Å². The molecule has 3 heteroatoms. The molecule has 0 radical (unpaired) electrons. The number of Topliss-reactive ketones (excluding diaryl/α,β-unsaturated/α-hetero) is 1. The molecule has 1 aromatic rings. The topological polar surface area (TPSA) is 40.9 Å². The fourth-order valence-corrected chi connectivity index (χ4v) is 1.92. The van der Waals surface area contributed by atoms with Gasteiger partial charge < -0.3 is 0 Å². The third-order valence-corrected chi connectivity index (χ3v) is 2.87. The van der Waals surface area contributed by atoms with Crippen LogP contribution in [0, 0.1) is 11.3 Å². The summed E-state index contributed by atoms with van der Waals surface area (Å²) in [4.78, 5) is 11.6. The summed E-state index contributed by atoms with van der Waals surface area (Å²) in [5.41, 5.74) is 2.23. The van der Waals surface area contributed by atoms with E-state index in [0.717, 1.165) is 12.0 Å². The maximum absolute atomic E-state index is 11.6. The van der Waals surface area contributed by atoms with Crippen molar-refractivity contribution in [2.75, 3.05) is 0 Å². The minimum Gasteiger partial charge on any atom is -0.292 e. The van der Waals surface area contributed by atoms with Gasteiger partial charge in [0.1, 0.15) is 0 Å². The molecule has 0 fully saturated rings. The molecule has 0 N–H and O–H groups in total. The quantitative estimate of drug-likeness (QED) is 0.610. The Kier molecular flexibility index (Phi) is 2.26. The van der Waals surface area contributed by atoms with E-state index in [1.165, 1.54) is 0 Å². The highest BCUT2D eigenvalue weighted by atomic mass is 35.5. The van der Waals surface area contributed by atoms with Crippen molar-refractivity contribution in [1.82, 2.24) is 0 Å². The first-order valence-corrected chi connectivity index (χ1v) is 4.87. The second-order valence-corrected chi connectivity index (χ2v) is 3.88. The zero-order valence-corrected chi connectivity index (χ0v) is 8.21. The standard InChI is InChI=1S/C11H8ClNO/c12-10-4-2-8-5-7(6-13)1-3-9(8)11(10)14/h1,3,5,10H,2,4H2. The van der Waals surface area contributed by atoms with Gasteiger partial charge in [0.25, 0.3) is 0 Å². The van der Waals surface area contributed by atoms with Gasteiger partial charge in [-0.2, -0.15) is 5.26 Å². The molecule has 1 aliphatic carbocycles. The summed E-state index contributed by atoms with van der Waals surface area (Å²) in [7, 11) is 0. The van der Waals surface area contributed by atoms with Crippen molar-refractivity contribution in [3.63, 3.8) is 0 Å². The lowest BCUT2D eigenvalue weighted by atomic mass is 9.89. The molecule has 1 aliphatic rings. The number of aryl methyl sites for hydroxylation is 1. The van der Waals surface area contributed by atoms with Gasteiger partial charge in [0.05, 0.1) is 17.0 Å². The van der Waals surface area contributed by atoms with E-state index in [4.69, 9.17) is 16.9 Å². The van der Waals surface area contributed by atoms with Crippen LogP contribution >= 0.6 is 11.6 Å². The van der Waals surface area contributed by atoms with Gasteiger partial charge in [0, 0.05) is 5.56 Å². The third kappa shape index (κ3) is 1.40. The molecule has 2 rings (SSSR count). The van der Waals surface area contributed by atoms with E-state index < -0.39 is 5.38 Å². The molecule has 0 aliphatic heterocycles. The fraction of sp³-hybridized carbons (Fsp3) is 0.273. The number of carbonyl (C=O) groups excluding carboxylic acids is 1. The molecule has 0 bridgehead atoms. The van der Waals surface area contributed by atoms with Gasteiger partial charge in [0.15, 0.2) is 5.78 Å². The number of nitrogens with zero attached hydrogens (tertiary/aromatic N) is 1. The SMILES string of the molecule is N#Cc1ccc2c(c1)CCC(Cl)C2=O. The minimum atomic E-state index is -0.393. The van der Waals surface area contributed by atoms with Gasteiger partial charge in [0.2, 0.25) is 0 Å². The van der Waals surface area contributed by atoms with E-state index in [1.54, 1.807) is 18.2 Å². The van der Waals surface area contributed by atoms with E-state index in [0.29, 0.717) is 17.5 Å². The Morgan fingerprint density at radius 3 is 3.00 bits per heavy atom. The van der Waals surface area contributed by atoms with Crippen LogP contribution in [0.15, 0.2) is 18.2 Å². The zero-order chi connectivity index (χ0) is 10.1. The van der Waals surface area contributed by atoms with Crippen molar-refractivity contribution >= 4 is 17.4 Å². The number of carbonyl (C=O) groups is 1. The van der Waals surface area contributed by atoms with E-state index in [2.05, 4.69) is 6.07 Å². The number of halogens is 1. The van der Waals surface area contributed by atoms with Gasteiger partial charge in [-0.05, 0) is 36.6 Å². The monoisotopic (exact) mass is 205 g/mol. The van der Waals surface area contributed by atoms with Gasteiger partial charge >= 0.3 is 0 Å². The molecule has 1 atom stereocenters. The molecule has 0 amide bonds. The molecule has 0 spiro atoms. The van der Waals surface area contributed by atoms with E-state index in [9.17, 15) is 4.79 Å². The summed E-state index contributed by atoms with van der Waals surface area (Å²) < 4.78 is 0. The summed E-state index contributed by atoms with van der Waals surface area (Å²) in [5, 5.41) is 8.30. The minimum absolute atomic E-state index is 0.0163. The predicted octanol–water partition coefficient (Wildman–Crippen LogP) is 2.29. The number of ketones is 1. The number of nitriles is 1. The van der Waals surface area contributed by atoms with Crippen LogP contribution in [0.1, 0.15) is 27.9 Å². The Morgan fingerprint density at radius 2 is 2.29 bits per heavy atom. The molecule has 1 aromatic carbocycles. The highest BCUT2D eigenvalue weighted by molar-refractivity contribution is 6.34. The molecule has 0 saturated carbocycles. The molecule has 0 saturated heterocycles. The maximum atomic E-state index is 11.6. The number of fused-ring (bicyclic) bond motifs is 1. The first-order valence-electron chi connectivity index (χ1n) is 4.43. The van der Waals surface area contributed by atoms with E-state index in [1.807, 2.05) is 0 Å². The largest absolute Gasteiger partial charge is 0.292 e. The second-order valence-electron chi connectivity index (χ2n) is 3.35. The number of rotatable bonds is 0. The number of hydrogen-bond donors (Lipinski definition) is 0. The van der Waals surface area contributed by atoms with Crippen LogP contribution in [0.5, 0.6) is 0 Å². The van der Waals surface area contributed by atoms with Crippen LogP contribution in [0.25, 0.3) is 0 Å². The maximum Gasteiger partial charge on any atom is 0.180 e. The molecule has 70 valence electrons. The molecular weight excluding hydrogens is 198 g/mol. The van der Waals surface area contributed by atoms with Crippen molar-refractivity contribution < 1.29 is 4.79 Å². The molecule has 0 aromatic heterocycles. The van der Waals surface area contributed by atoms with Crippen molar-refractivity contribution in [1.29, 1.82) is 5.26 Å². The third-order valence-electron chi connectivity index (χ3n) is 2.45. The summed E-state index contributed by atoms with van der Waals surface area (Å²) in [6.07, 6.45) is 1.45. The Morgan fingerprint density at radius 1 is 1.50 bits per heavy atom. The summed E-state index contributed by atoms with van der Waals surface area (Å²) in [5.74, 6) is -0.0163. The molecule has 1 unspecified atom stereocenters. The van der Waals surface area contributed by atoms with E-state index >= 15 is 0 Å². The highest BCUT2D eigenvalue weighted by Crippen LogP contribution is 2.25. The molecule has 2 nitrogen and oxygen atoms in total. The number of benzene rings is 1. The molecule has 14 heavy (non-hydrogen) atoms. The van der Waals surface area contributed by atoms with Gasteiger partial charge in [-0.15, -0.1) is 11.6 Å². The van der Waals surface area contributed by atoms with Crippen LogP contribution in [-0.4, -0.2) is 11.2 Å². The Labute approximate surface area is 87.1 Å². The Balaban J connectivity index is 2.50. The highest BCUT2D eigenvalue weighted by Gasteiger charge is 2.25. The summed E-state index contributed by atoms with van der Waals surface area (Å²) in [6.45, 7) is 0. The van der Waals surface area contributed by atoms with Crippen molar-refractivity contribution in [2.45, 2.75) is 18.2 Å². The smallest absolute Gasteiger partial charge is 0.180 e. The Bertz CT molecular complexity index is 433. The van der Waals surface area contributed by atoms with Crippen molar-refractivity contribution in [3.8, 4) is 6.07 Å². The van der Waals surface area contributed by atoms with Gasteiger partial charge in [-0.1, -0.05) is 0 Å². The number of alkyl halides is 1. The lowest BCUT2D eigenvalue weighted by Crippen LogP contribution is -2.22. The summed E-state index contributed by atoms with van der Waals surface area (Å²) in [6, 6.07) is 7.19. The first-order chi connectivity index (χ1) is 6.72. The van der Waals surface area contributed by atoms with Crippen LogP contribution < -0.4 is 0 Å². The Hall–Kier alpha value is -1.33. The molecule has 0 heterocycles. The van der Waals surface area contributed by atoms with Crippen LogP contribution in [0.3, 0.4) is 0 Å². The average molecular weight is 206 g/mol. The lowest BCUT2D eigenvalue weighted by Gasteiger charge is -2.18. The lowest BCUT2D eigenvalue weighted by molar-refractivity contribution is 0.0977. The second kappa shape index (κ2) is 3.43. The van der Waals surface area contributed by atoms with E-state index in [-0.39, 0.29) is 5.78 Å². The molecular formula is C11H8ClNO. The van der Waals surface area contributed by atoms with Crippen molar-refractivity contribution in [3.05, 3.63) is 34.9 Å².